The number of ether oxygens (including phenoxy) is 4. The molecule has 0 aliphatic carbocycles. The second-order valence-corrected chi connectivity index (χ2v) is 9.95. The van der Waals surface area contributed by atoms with Crippen molar-refractivity contribution in [3.8, 4) is 0 Å². The fourth-order valence-corrected chi connectivity index (χ4v) is 2.89. The summed E-state index contributed by atoms with van der Waals surface area (Å²) in [6, 6.07) is 7.86. The van der Waals surface area contributed by atoms with Gasteiger partial charge < -0.3 is 18.9 Å². The molecule has 0 aromatic heterocycles. The number of alkyl halides is 1. The molecule has 9 nitrogen and oxygen atoms in total. The number of azide groups is 1. The first kappa shape index (κ1) is 26.6. The summed E-state index contributed by atoms with van der Waals surface area (Å²) in [4.78, 5) is 27.5. The largest absolute Gasteiger partial charge is 0.462 e. The molecular weight excluding hydrogens is 433 g/mol. The third kappa shape index (κ3) is 7.42. The number of carbonyl (C=O) groups excluding carboxylic acids is 2. The Kier molecular flexibility index (Phi) is 8.82. The maximum Gasteiger partial charge on any atom is 0.311 e. The van der Waals surface area contributed by atoms with Gasteiger partial charge in [-0.3, -0.25) is 9.59 Å². The minimum absolute atomic E-state index is 0.0777. The van der Waals surface area contributed by atoms with Crippen LogP contribution in [0, 0.1) is 10.8 Å². The standard InChI is InChI=1S/C23H32FN3O6/c1-22(2,3)20(28)31-13-15-16(24)18(33-21(29)23(4,5)6)17(26-27-25)19(32-15)30-12-14-10-8-7-9-11-14/h7-11,15-19H,12-13H2,1-6H3/t15?,16-,17?,18+,19-/m1/s1. The predicted octanol–water partition coefficient (Wildman–Crippen LogP) is 4.49. The van der Waals surface area contributed by atoms with Crippen LogP contribution in [0.5, 0.6) is 0 Å². The Bertz CT molecular complexity index is 861. The number of carbonyl (C=O) groups is 2. The van der Waals surface area contributed by atoms with Crippen molar-refractivity contribution in [2.24, 2.45) is 15.9 Å². The summed E-state index contributed by atoms with van der Waals surface area (Å²) in [5.74, 6) is -1.22. The lowest BCUT2D eigenvalue weighted by Crippen LogP contribution is -2.59. The molecule has 33 heavy (non-hydrogen) atoms. The Labute approximate surface area is 193 Å². The highest BCUT2D eigenvalue weighted by molar-refractivity contribution is 5.76. The van der Waals surface area contributed by atoms with Crippen molar-refractivity contribution in [2.75, 3.05) is 6.61 Å². The first-order chi connectivity index (χ1) is 15.3. The van der Waals surface area contributed by atoms with Gasteiger partial charge in [0.1, 0.15) is 24.9 Å². The topological polar surface area (TPSA) is 120 Å². The van der Waals surface area contributed by atoms with E-state index in [4.69, 9.17) is 24.5 Å². The van der Waals surface area contributed by atoms with Crippen molar-refractivity contribution in [2.45, 2.75) is 78.9 Å². The lowest BCUT2D eigenvalue weighted by Gasteiger charge is -2.41. The highest BCUT2D eigenvalue weighted by Crippen LogP contribution is 2.32. The smallest absolute Gasteiger partial charge is 0.311 e. The molecule has 1 aromatic carbocycles. The van der Waals surface area contributed by atoms with E-state index in [1.165, 1.54) is 0 Å². The first-order valence-corrected chi connectivity index (χ1v) is 10.7. The highest BCUT2D eigenvalue weighted by Gasteiger charge is 2.50. The molecule has 0 N–H and O–H groups in total. The number of hydrogen-bond donors (Lipinski definition) is 0. The number of esters is 2. The number of benzene rings is 1. The minimum atomic E-state index is -1.92. The molecule has 0 saturated carbocycles. The second-order valence-electron chi connectivity index (χ2n) is 9.95. The van der Waals surface area contributed by atoms with Gasteiger partial charge in [0.15, 0.2) is 12.5 Å². The Morgan fingerprint density at radius 3 is 2.24 bits per heavy atom. The summed E-state index contributed by atoms with van der Waals surface area (Å²) >= 11 is 0. The van der Waals surface area contributed by atoms with E-state index in [2.05, 4.69) is 10.0 Å². The zero-order valence-corrected chi connectivity index (χ0v) is 19.9. The SMILES string of the molecule is CC(C)(C)C(=O)OCC1O[C@@H](OCc2ccccc2)C(N=[N+]=[N-])[C@@H](OC(=O)C(C)(C)C)[C@@H]1F. The Morgan fingerprint density at radius 2 is 1.70 bits per heavy atom. The van der Waals surface area contributed by atoms with Crippen LogP contribution in [-0.4, -0.2) is 49.3 Å². The number of rotatable bonds is 7. The van der Waals surface area contributed by atoms with Crippen LogP contribution in [-0.2, 0) is 35.1 Å². The van der Waals surface area contributed by atoms with Gasteiger partial charge in [-0.25, -0.2) is 4.39 Å². The third-order valence-corrected chi connectivity index (χ3v) is 4.88. The fraction of sp³-hybridized carbons (Fsp3) is 0.652. The van der Waals surface area contributed by atoms with Gasteiger partial charge in [-0.1, -0.05) is 35.4 Å². The van der Waals surface area contributed by atoms with Crippen molar-refractivity contribution >= 4 is 11.9 Å². The molecule has 2 rings (SSSR count). The van der Waals surface area contributed by atoms with Gasteiger partial charge in [-0.2, -0.15) is 0 Å². The summed E-state index contributed by atoms with van der Waals surface area (Å²) in [7, 11) is 0. The van der Waals surface area contributed by atoms with Crippen molar-refractivity contribution in [3.63, 3.8) is 0 Å². The second kappa shape index (κ2) is 11.0. The third-order valence-electron chi connectivity index (χ3n) is 4.88. The van der Waals surface area contributed by atoms with Gasteiger partial charge in [0.25, 0.3) is 0 Å². The maximum atomic E-state index is 15.5. The van der Waals surface area contributed by atoms with Crippen molar-refractivity contribution in [1.29, 1.82) is 0 Å². The molecule has 1 fully saturated rings. The molecule has 182 valence electrons. The van der Waals surface area contributed by atoms with E-state index in [9.17, 15) is 9.59 Å². The zero-order valence-electron chi connectivity index (χ0n) is 19.9. The van der Waals surface area contributed by atoms with E-state index in [0.717, 1.165) is 5.56 Å². The van der Waals surface area contributed by atoms with Crippen LogP contribution in [0.25, 0.3) is 10.4 Å². The van der Waals surface area contributed by atoms with Crippen molar-refractivity contribution < 1.29 is 32.9 Å². The molecule has 1 saturated heterocycles. The summed E-state index contributed by atoms with van der Waals surface area (Å²) < 4.78 is 37.7. The molecule has 0 radical (unpaired) electrons. The zero-order chi connectivity index (χ0) is 24.8. The molecule has 0 spiro atoms. The summed E-state index contributed by atoms with van der Waals surface area (Å²) in [6.07, 6.45) is -5.93. The van der Waals surface area contributed by atoms with Crippen LogP contribution in [0.2, 0.25) is 0 Å². The molecule has 0 bridgehead atoms. The van der Waals surface area contributed by atoms with E-state index in [0.29, 0.717) is 0 Å². The van der Waals surface area contributed by atoms with Crippen LogP contribution < -0.4 is 0 Å². The molecule has 2 unspecified atom stereocenters. The maximum absolute atomic E-state index is 15.5. The average molecular weight is 466 g/mol. The van der Waals surface area contributed by atoms with Crippen LogP contribution in [0.4, 0.5) is 4.39 Å². The predicted molar refractivity (Wildman–Crippen MR) is 117 cm³/mol. The van der Waals surface area contributed by atoms with Gasteiger partial charge in [0.05, 0.1) is 17.4 Å². The van der Waals surface area contributed by atoms with Crippen molar-refractivity contribution in [1.82, 2.24) is 0 Å². The molecule has 1 aromatic rings. The van der Waals surface area contributed by atoms with Gasteiger partial charge in [-0.15, -0.1) is 0 Å². The van der Waals surface area contributed by atoms with Gasteiger partial charge in [-0.05, 0) is 52.6 Å². The molecule has 5 atom stereocenters. The summed E-state index contributed by atoms with van der Waals surface area (Å²) in [5.41, 5.74) is 8.15. The van der Waals surface area contributed by atoms with Crippen LogP contribution >= 0.6 is 0 Å². The van der Waals surface area contributed by atoms with E-state index >= 15 is 4.39 Å². The van der Waals surface area contributed by atoms with Crippen LogP contribution in [0.3, 0.4) is 0 Å². The van der Waals surface area contributed by atoms with E-state index < -0.39 is 60.1 Å². The molecule has 0 amide bonds. The first-order valence-electron chi connectivity index (χ1n) is 10.7. The normalized spacial score (nSPS) is 25.6. The molecule has 1 heterocycles. The lowest BCUT2D eigenvalue weighted by atomic mass is 9.95. The Balaban J connectivity index is 2.29. The Morgan fingerprint density at radius 1 is 1.09 bits per heavy atom. The molecule has 1 aliphatic heterocycles. The summed E-state index contributed by atoms with van der Waals surface area (Å²) in [6.45, 7) is 9.52. The molecular formula is C23H32FN3O6. The van der Waals surface area contributed by atoms with Gasteiger partial charge >= 0.3 is 11.9 Å². The monoisotopic (exact) mass is 465 g/mol. The van der Waals surface area contributed by atoms with Gasteiger partial charge in [0.2, 0.25) is 0 Å². The molecule has 10 heteroatoms. The minimum Gasteiger partial charge on any atom is -0.462 e. The fourth-order valence-electron chi connectivity index (χ4n) is 2.89. The van der Waals surface area contributed by atoms with E-state index in [1.54, 1.807) is 41.5 Å². The van der Waals surface area contributed by atoms with Crippen molar-refractivity contribution in [3.05, 3.63) is 46.3 Å². The molecule has 1 aliphatic rings. The van der Waals surface area contributed by atoms with E-state index in [-0.39, 0.29) is 6.61 Å². The number of halogens is 1. The van der Waals surface area contributed by atoms with Crippen LogP contribution in [0.15, 0.2) is 35.4 Å². The number of hydrogen-bond acceptors (Lipinski definition) is 7. The quantitative estimate of drug-likeness (QED) is 0.253. The summed E-state index contributed by atoms with van der Waals surface area (Å²) in [5, 5.41) is 3.62. The van der Waals surface area contributed by atoms with Gasteiger partial charge in [0, 0.05) is 4.91 Å². The number of nitrogens with zero attached hydrogens (tertiary/aromatic N) is 3. The Hall–Kier alpha value is -2.68. The van der Waals surface area contributed by atoms with Crippen LogP contribution in [0.1, 0.15) is 47.1 Å². The van der Waals surface area contributed by atoms with E-state index in [1.807, 2.05) is 30.3 Å². The average Bonchev–Trinajstić information content (AvgIpc) is 2.73. The lowest BCUT2D eigenvalue weighted by molar-refractivity contribution is -0.264. The highest BCUT2D eigenvalue weighted by atomic mass is 19.1.